The van der Waals surface area contributed by atoms with Gasteiger partial charge in [-0.2, -0.15) is 0 Å². The number of hydrogen-bond donors (Lipinski definition) is 1. The van der Waals surface area contributed by atoms with Gasteiger partial charge >= 0.3 is 6.03 Å². The molecule has 0 aliphatic carbocycles. The van der Waals surface area contributed by atoms with Gasteiger partial charge in [-0.1, -0.05) is 13.3 Å². The molecule has 1 saturated heterocycles. The van der Waals surface area contributed by atoms with Crippen molar-refractivity contribution in [3.05, 3.63) is 0 Å². The maximum atomic E-state index is 11.6. The lowest BCUT2D eigenvalue weighted by atomic mass is 10.2. The number of amides is 2. The first kappa shape index (κ1) is 13.3. The first-order valence-electron chi connectivity index (χ1n) is 5.67. The summed E-state index contributed by atoms with van der Waals surface area (Å²) in [5, 5.41) is 2.78. The van der Waals surface area contributed by atoms with E-state index >= 15 is 0 Å². The van der Waals surface area contributed by atoms with Gasteiger partial charge in [0.1, 0.15) is 0 Å². The summed E-state index contributed by atoms with van der Waals surface area (Å²) < 4.78 is 22.5. The zero-order valence-electron chi connectivity index (χ0n) is 9.90. The summed E-state index contributed by atoms with van der Waals surface area (Å²) in [6.07, 6.45) is 2.53. The molecule has 2 amide bonds. The molecule has 5 nitrogen and oxygen atoms in total. The van der Waals surface area contributed by atoms with E-state index in [0.717, 1.165) is 12.8 Å². The van der Waals surface area contributed by atoms with Gasteiger partial charge < -0.3 is 10.2 Å². The molecule has 1 fully saturated rings. The summed E-state index contributed by atoms with van der Waals surface area (Å²) in [5.74, 6) is 0.301. The molecule has 16 heavy (non-hydrogen) atoms. The minimum atomic E-state index is -2.92. The normalized spacial score (nSPS) is 23.0. The van der Waals surface area contributed by atoms with Gasteiger partial charge in [0.15, 0.2) is 9.84 Å². The number of unbranched alkanes of at least 4 members (excludes halogenated alkanes) is 1. The molecule has 0 spiro atoms. The summed E-state index contributed by atoms with van der Waals surface area (Å²) in [5.41, 5.74) is 0. The Labute approximate surface area is 97.1 Å². The molecule has 6 heteroatoms. The third-order valence-corrected chi connectivity index (χ3v) is 4.63. The van der Waals surface area contributed by atoms with E-state index in [9.17, 15) is 13.2 Å². The van der Waals surface area contributed by atoms with Crippen molar-refractivity contribution in [2.75, 3.05) is 25.1 Å². The molecule has 1 rings (SSSR count). The van der Waals surface area contributed by atoms with Crippen molar-refractivity contribution >= 4 is 15.9 Å². The monoisotopic (exact) mass is 248 g/mol. The molecule has 0 aromatic rings. The van der Waals surface area contributed by atoms with Crippen LogP contribution in [0.15, 0.2) is 0 Å². The maximum Gasteiger partial charge on any atom is 0.317 e. The van der Waals surface area contributed by atoms with Gasteiger partial charge in [0.25, 0.3) is 0 Å². The SMILES string of the molecule is CCCCNC(=O)N(C)[C@H]1CCS(=O)(=O)C1. The van der Waals surface area contributed by atoms with Gasteiger partial charge in [-0.15, -0.1) is 0 Å². The molecule has 0 unspecified atom stereocenters. The fraction of sp³-hybridized carbons (Fsp3) is 0.900. The standard InChI is InChI=1S/C10H20N2O3S/c1-3-4-6-11-10(13)12(2)9-5-7-16(14,15)8-9/h9H,3-8H2,1-2H3,(H,11,13)/t9-/m0/s1. The van der Waals surface area contributed by atoms with Crippen LogP contribution in [0.3, 0.4) is 0 Å². The second-order valence-electron chi connectivity index (χ2n) is 4.25. The Balaban J connectivity index is 2.40. The van der Waals surface area contributed by atoms with E-state index in [2.05, 4.69) is 12.2 Å². The van der Waals surface area contributed by atoms with Crippen molar-refractivity contribution in [3.63, 3.8) is 0 Å². The zero-order valence-corrected chi connectivity index (χ0v) is 10.7. The molecule has 0 aromatic heterocycles. The highest BCUT2D eigenvalue weighted by atomic mass is 32.2. The predicted octanol–water partition coefficient (Wildman–Crippen LogP) is 0.615. The van der Waals surface area contributed by atoms with Gasteiger partial charge in [-0.05, 0) is 12.8 Å². The van der Waals surface area contributed by atoms with E-state index in [-0.39, 0.29) is 23.6 Å². The third kappa shape index (κ3) is 3.66. The van der Waals surface area contributed by atoms with E-state index in [1.165, 1.54) is 4.90 Å². The highest BCUT2D eigenvalue weighted by molar-refractivity contribution is 7.91. The van der Waals surface area contributed by atoms with Crippen LogP contribution in [0.4, 0.5) is 4.79 Å². The summed E-state index contributed by atoms with van der Waals surface area (Å²) in [7, 11) is -1.26. The van der Waals surface area contributed by atoms with Gasteiger partial charge in [0.05, 0.1) is 11.5 Å². The van der Waals surface area contributed by atoms with Gasteiger partial charge in [-0.3, -0.25) is 0 Å². The number of rotatable bonds is 4. The Bertz CT molecular complexity index is 340. The number of carbonyl (C=O) groups is 1. The second-order valence-corrected chi connectivity index (χ2v) is 6.48. The van der Waals surface area contributed by atoms with Gasteiger partial charge in [0, 0.05) is 19.6 Å². The average Bonchev–Trinajstić information content (AvgIpc) is 2.58. The molecular weight excluding hydrogens is 228 g/mol. The van der Waals surface area contributed by atoms with Crippen molar-refractivity contribution in [3.8, 4) is 0 Å². The highest BCUT2D eigenvalue weighted by Gasteiger charge is 2.32. The smallest absolute Gasteiger partial charge is 0.317 e. The molecule has 0 saturated carbocycles. The Kier molecular flexibility index (Phi) is 4.58. The van der Waals surface area contributed by atoms with Crippen molar-refractivity contribution in [1.29, 1.82) is 0 Å². The minimum absolute atomic E-state index is 0.102. The Morgan fingerprint density at radius 1 is 1.50 bits per heavy atom. The molecule has 1 atom stereocenters. The zero-order chi connectivity index (χ0) is 12.2. The van der Waals surface area contributed by atoms with E-state index in [0.29, 0.717) is 13.0 Å². The second kappa shape index (κ2) is 5.52. The molecule has 1 heterocycles. The Hall–Kier alpha value is -0.780. The molecular formula is C10H20N2O3S. The van der Waals surface area contributed by atoms with E-state index in [4.69, 9.17) is 0 Å². The molecule has 94 valence electrons. The molecule has 1 aliphatic rings. The fourth-order valence-corrected chi connectivity index (χ4v) is 3.52. The van der Waals surface area contributed by atoms with Crippen molar-refractivity contribution in [1.82, 2.24) is 10.2 Å². The lowest BCUT2D eigenvalue weighted by Gasteiger charge is -2.23. The average molecular weight is 248 g/mol. The maximum absolute atomic E-state index is 11.6. The first-order valence-corrected chi connectivity index (χ1v) is 7.49. The molecule has 1 aliphatic heterocycles. The summed E-state index contributed by atoms with van der Waals surface area (Å²) >= 11 is 0. The minimum Gasteiger partial charge on any atom is -0.338 e. The van der Waals surface area contributed by atoms with Crippen LogP contribution < -0.4 is 5.32 Å². The summed E-state index contributed by atoms with van der Waals surface area (Å²) in [6.45, 7) is 2.71. The molecule has 0 bridgehead atoms. The predicted molar refractivity (Wildman–Crippen MR) is 63.1 cm³/mol. The topological polar surface area (TPSA) is 66.5 Å². The lowest BCUT2D eigenvalue weighted by molar-refractivity contribution is 0.195. The Morgan fingerprint density at radius 3 is 2.69 bits per heavy atom. The first-order chi connectivity index (χ1) is 7.46. The van der Waals surface area contributed by atoms with Crippen LogP contribution in [0.2, 0.25) is 0 Å². The van der Waals surface area contributed by atoms with Crippen molar-refractivity contribution in [2.24, 2.45) is 0 Å². The van der Waals surface area contributed by atoms with Crippen LogP contribution in [0.1, 0.15) is 26.2 Å². The molecule has 0 radical (unpaired) electrons. The number of carbonyl (C=O) groups excluding carboxylic acids is 1. The van der Waals surface area contributed by atoms with Crippen LogP contribution in [0.5, 0.6) is 0 Å². The largest absolute Gasteiger partial charge is 0.338 e. The quantitative estimate of drug-likeness (QED) is 0.741. The molecule has 0 aromatic carbocycles. The number of urea groups is 1. The number of hydrogen-bond acceptors (Lipinski definition) is 3. The van der Waals surface area contributed by atoms with Crippen molar-refractivity contribution < 1.29 is 13.2 Å². The van der Waals surface area contributed by atoms with Gasteiger partial charge in [0.2, 0.25) is 0 Å². The van der Waals surface area contributed by atoms with Crippen LogP contribution in [-0.4, -0.2) is 50.5 Å². The van der Waals surface area contributed by atoms with Crippen molar-refractivity contribution in [2.45, 2.75) is 32.2 Å². The van der Waals surface area contributed by atoms with Crippen LogP contribution >= 0.6 is 0 Å². The lowest BCUT2D eigenvalue weighted by Crippen LogP contribution is -2.44. The fourth-order valence-electron chi connectivity index (χ4n) is 1.74. The Morgan fingerprint density at radius 2 is 2.19 bits per heavy atom. The van der Waals surface area contributed by atoms with E-state index in [1.807, 2.05) is 0 Å². The molecule has 1 N–H and O–H groups in total. The van der Waals surface area contributed by atoms with Crippen LogP contribution in [0.25, 0.3) is 0 Å². The number of nitrogens with one attached hydrogen (secondary N) is 1. The van der Waals surface area contributed by atoms with Gasteiger partial charge in [-0.25, -0.2) is 13.2 Å². The number of sulfone groups is 1. The third-order valence-electron chi connectivity index (χ3n) is 2.88. The van der Waals surface area contributed by atoms with E-state index < -0.39 is 9.84 Å². The highest BCUT2D eigenvalue weighted by Crippen LogP contribution is 2.16. The summed E-state index contributed by atoms with van der Waals surface area (Å²) in [4.78, 5) is 13.1. The number of nitrogens with zero attached hydrogens (tertiary/aromatic N) is 1. The van der Waals surface area contributed by atoms with Crippen LogP contribution in [-0.2, 0) is 9.84 Å². The van der Waals surface area contributed by atoms with Crippen LogP contribution in [0, 0.1) is 0 Å². The summed E-state index contributed by atoms with van der Waals surface area (Å²) in [6, 6.07) is -0.331. The van der Waals surface area contributed by atoms with E-state index in [1.54, 1.807) is 7.05 Å².